The molecule has 0 saturated heterocycles. The first-order chi connectivity index (χ1) is 7.69. The fourth-order valence-corrected chi connectivity index (χ4v) is 2.02. The quantitative estimate of drug-likeness (QED) is 0.860. The van der Waals surface area contributed by atoms with Crippen LogP contribution in [0.3, 0.4) is 0 Å². The van der Waals surface area contributed by atoms with E-state index < -0.39 is 0 Å². The molecular weight excluding hydrogens is 273 g/mol. The Morgan fingerprint density at radius 1 is 1.62 bits per heavy atom. The molecule has 1 N–H and O–H groups in total. The van der Waals surface area contributed by atoms with Crippen molar-refractivity contribution in [2.45, 2.75) is 25.5 Å². The number of benzene rings is 1. The molecule has 0 amide bonds. The average Bonchev–Trinajstić information content (AvgIpc) is 2.67. The molecule has 16 heavy (non-hydrogen) atoms. The highest BCUT2D eigenvalue weighted by molar-refractivity contribution is 9.09. The van der Waals surface area contributed by atoms with Crippen LogP contribution in [0.1, 0.15) is 12.5 Å². The van der Waals surface area contributed by atoms with Crippen molar-refractivity contribution in [3.63, 3.8) is 0 Å². The van der Waals surface area contributed by atoms with E-state index in [1.807, 2.05) is 0 Å². The van der Waals surface area contributed by atoms with Gasteiger partial charge in [0, 0.05) is 29.9 Å². The molecule has 0 aliphatic carbocycles. The lowest BCUT2D eigenvalue weighted by molar-refractivity contribution is 0.224. The molecule has 0 saturated carbocycles. The van der Waals surface area contributed by atoms with Crippen molar-refractivity contribution in [1.29, 1.82) is 0 Å². The summed E-state index contributed by atoms with van der Waals surface area (Å²) in [6, 6.07) is 5.13. The Morgan fingerprint density at radius 3 is 3.19 bits per heavy atom. The van der Waals surface area contributed by atoms with Crippen molar-refractivity contribution < 1.29 is 9.13 Å². The molecule has 88 valence electrons. The first-order valence-corrected chi connectivity index (χ1v) is 6.55. The summed E-state index contributed by atoms with van der Waals surface area (Å²) in [7, 11) is 0. The SMILES string of the molecule is CC(CBr)NCC1Cc2cc(F)ccc2O1. The number of fused-ring (bicyclic) bond motifs is 1. The lowest BCUT2D eigenvalue weighted by Gasteiger charge is -2.15. The third-order valence-electron chi connectivity index (χ3n) is 2.69. The van der Waals surface area contributed by atoms with E-state index >= 15 is 0 Å². The summed E-state index contributed by atoms with van der Waals surface area (Å²) in [5.74, 6) is 0.629. The van der Waals surface area contributed by atoms with Crippen molar-refractivity contribution >= 4 is 15.9 Å². The van der Waals surface area contributed by atoms with Crippen LogP contribution in [0.2, 0.25) is 0 Å². The lowest BCUT2D eigenvalue weighted by Crippen LogP contribution is -2.36. The maximum Gasteiger partial charge on any atom is 0.123 e. The Balaban J connectivity index is 1.90. The van der Waals surface area contributed by atoms with E-state index in [0.717, 1.165) is 29.6 Å². The first-order valence-electron chi connectivity index (χ1n) is 5.43. The number of ether oxygens (including phenoxy) is 1. The van der Waals surface area contributed by atoms with Crippen LogP contribution >= 0.6 is 15.9 Å². The largest absolute Gasteiger partial charge is 0.488 e. The number of alkyl halides is 1. The average molecular weight is 288 g/mol. The molecule has 1 aromatic rings. The van der Waals surface area contributed by atoms with Gasteiger partial charge in [0.1, 0.15) is 17.7 Å². The summed E-state index contributed by atoms with van der Waals surface area (Å²) in [6.07, 6.45) is 0.910. The molecule has 1 aromatic carbocycles. The maximum absolute atomic E-state index is 13.0. The van der Waals surface area contributed by atoms with E-state index in [0.29, 0.717) is 6.04 Å². The summed E-state index contributed by atoms with van der Waals surface area (Å²) in [5.41, 5.74) is 0.971. The fraction of sp³-hybridized carbons (Fsp3) is 0.500. The standard InChI is InChI=1S/C12H15BrFNO/c1-8(6-13)15-7-11-5-9-4-10(14)2-3-12(9)16-11/h2-4,8,11,15H,5-7H2,1H3. The third-order valence-corrected chi connectivity index (χ3v) is 3.66. The topological polar surface area (TPSA) is 21.3 Å². The monoisotopic (exact) mass is 287 g/mol. The maximum atomic E-state index is 13.0. The van der Waals surface area contributed by atoms with E-state index in [2.05, 4.69) is 28.2 Å². The number of hydrogen-bond acceptors (Lipinski definition) is 2. The highest BCUT2D eigenvalue weighted by Crippen LogP contribution is 2.28. The lowest BCUT2D eigenvalue weighted by atomic mass is 10.1. The Kier molecular flexibility index (Phi) is 3.82. The zero-order valence-electron chi connectivity index (χ0n) is 9.17. The molecule has 2 unspecified atom stereocenters. The first kappa shape index (κ1) is 11.9. The summed E-state index contributed by atoms with van der Waals surface area (Å²) in [6.45, 7) is 2.90. The molecule has 0 fully saturated rings. The minimum atomic E-state index is -0.190. The Hall–Kier alpha value is -0.610. The van der Waals surface area contributed by atoms with Crippen LogP contribution in [0.25, 0.3) is 0 Å². The smallest absolute Gasteiger partial charge is 0.123 e. The van der Waals surface area contributed by atoms with Gasteiger partial charge in [0.25, 0.3) is 0 Å². The molecule has 0 aromatic heterocycles. The van der Waals surface area contributed by atoms with Crippen LogP contribution in [0.5, 0.6) is 5.75 Å². The van der Waals surface area contributed by atoms with Crippen LogP contribution in [0.15, 0.2) is 18.2 Å². The minimum absolute atomic E-state index is 0.123. The van der Waals surface area contributed by atoms with Gasteiger partial charge in [-0.15, -0.1) is 0 Å². The zero-order chi connectivity index (χ0) is 11.5. The Labute approximate surface area is 103 Å². The minimum Gasteiger partial charge on any atom is -0.488 e. The second kappa shape index (κ2) is 5.15. The zero-order valence-corrected chi connectivity index (χ0v) is 10.8. The molecule has 0 bridgehead atoms. The van der Waals surface area contributed by atoms with Crippen molar-refractivity contribution in [2.24, 2.45) is 0 Å². The third kappa shape index (κ3) is 2.74. The second-order valence-corrected chi connectivity index (χ2v) is 4.81. The Bertz CT molecular complexity index is 372. The predicted octanol–water partition coefficient (Wildman–Crippen LogP) is 2.50. The second-order valence-electron chi connectivity index (χ2n) is 4.16. The normalized spacial score (nSPS) is 20.3. The van der Waals surface area contributed by atoms with Gasteiger partial charge in [-0.05, 0) is 25.1 Å². The highest BCUT2D eigenvalue weighted by atomic mass is 79.9. The summed E-state index contributed by atoms with van der Waals surface area (Å²) in [5, 5.41) is 4.28. The van der Waals surface area contributed by atoms with Crippen LogP contribution < -0.4 is 10.1 Å². The van der Waals surface area contributed by atoms with Crippen molar-refractivity contribution in [3.05, 3.63) is 29.6 Å². The number of nitrogens with one attached hydrogen (secondary N) is 1. The van der Waals surface area contributed by atoms with Crippen LogP contribution in [0, 0.1) is 5.82 Å². The molecule has 0 radical (unpaired) electrons. The van der Waals surface area contributed by atoms with E-state index in [4.69, 9.17) is 4.74 Å². The molecule has 0 spiro atoms. The number of hydrogen-bond donors (Lipinski definition) is 1. The van der Waals surface area contributed by atoms with Gasteiger partial charge in [0.15, 0.2) is 0 Å². The van der Waals surface area contributed by atoms with Crippen LogP contribution in [-0.2, 0) is 6.42 Å². The van der Waals surface area contributed by atoms with Gasteiger partial charge in [0.2, 0.25) is 0 Å². The van der Waals surface area contributed by atoms with Gasteiger partial charge < -0.3 is 10.1 Å². The number of rotatable bonds is 4. The van der Waals surface area contributed by atoms with Crippen LogP contribution in [-0.4, -0.2) is 24.0 Å². The van der Waals surface area contributed by atoms with Crippen LogP contribution in [0.4, 0.5) is 4.39 Å². The van der Waals surface area contributed by atoms with Gasteiger partial charge in [-0.25, -0.2) is 4.39 Å². The van der Waals surface area contributed by atoms with Gasteiger partial charge in [-0.3, -0.25) is 0 Å². The molecule has 2 nitrogen and oxygen atoms in total. The van der Waals surface area contributed by atoms with Crippen molar-refractivity contribution in [3.8, 4) is 5.75 Å². The van der Waals surface area contributed by atoms with Crippen molar-refractivity contribution in [2.75, 3.05) is 11.9 Å². The fourth-order valence-electron chi connectivity index (χ4n) is 1.79. The van der Waals surface area contributed by atoms with Gasteiger partial charge in [-0.2, -0.15) is 0 Å². The van der Waals surface area contributed by atoms with Gasteiger partial charge in [0.05, 0.1) is 0 Å². The molecular formula is C12H15BrFNO. The van der Waals surface area contributed by atoms with E-state index in [1.165, 1.54) is 6.07 Å². The Morgan fingerprint density at radius 2 is 2.44 bits per heavy atom. The number of halogens is 2. The molecule has 2 atom stereocenters. The molecule has 4 heteroatoms. The van der Waals surface area contributed by atoms with Gasteiger partial charge >= 0.3 is 0 Å². The molecule has 1 aliphatic rings. The molecule has 1 aliphatic heterocycles. The van der Waals surface area contributed by atoms with E-state index in [1.54, 1.807) is 12.1 Å². The molecule has 2 rings (SSSR count). The van der Waals surface area contributed by atoms with E-state index in [9.17, 15) is 4.39 Å². The summed E-state index contributed by atoms with van der Waals surface area (Å²) < 4.78 is 18.7. The highest BCUT2D eigenvalue weighted by Gasteiger charge is 2.23. The van der Waals surface area contributed by atoms with Crippen molar-refractivity contribution in [1.82, 2.24) is 5.32 Å². The van der Waals surface area contributed by atoms with E-state index in [-0.39, 0.29) is 11.9 Å². The summed E-state index contributed by atoms with van der Waals surface area (Å²) >= 11 is 3.41. The summed E-state index contributed by atoms with van der Waals surface area (Å²) in [4.78, 5) is 0. The van der Waals surface area contributed by atoms with Gasteiger partial charge in [-0.1, -0.05) is 15.9 Å². The predicted molar refractivity (Wildman–Crippen MR) is 65.8 cm³/mol. The molecule has 1 heterocycles.